The number of phenols is 1. The predicted molar refractivity (Wildman–Crippen MR) is 142 cm³/mol. The molecule has 3 N–H and O–H groups in total. The number of methoxy groups -OCH3 is 1. The molecule has 2 aliphatic heterocycles. The number of benzene rings is 2. The van der Waals surface area contributed by atoms with Gasteiger partial charge in [0, 0.05) is 31.1 Å². The van der Waals surface area contributed by atoms with E-state index in [4.69, 9.17) is 4.74 Å². The number of carbonyl (C=O) groups excluding carboxylic acids is 1. The molecule has 4 aromatic rings. The van der Waals surface area contributed by atoms with Gasteiger partial charge in [0.2, 0.25) is 0 Å². The number of thiophene rings is 1. The second-order valence-corrected chi connectivity index (χ2v) is 10.6. The largest absolute Gasteiger partial charge is 0.507 e. The number of carboxylic acid groups (broad SMARTS) is 1. The maximum Gasteiger partial charge on any atom is 0.340 e. The van der Waals surface area contributed by atoms with E-state index >= 15 is 0 Å². The molecule has 2 aromatic carbocycles. The number of carboxylic acids is 1. The Balaban J connectivity index is 1.38. The molecule has 0 radical (unpaired) electrons. The normalized spacial score (nSPS) is 16.9. The van der Waals surface area contributed by atoms with Crippen LogP contribution in [0.4, 0.5) is 5.00 Å². The van der Waals surface area contributed by atoms with Crippen molar-refractivity contribution in [1.82, 2.24) is 14.5 Å². The summed E-state index contributed by atoms with van der Waals surface area (Å²) in [6.45, 7) is 1.66. The SMILES string of the molecule is COc1ccc(CN2CCc3c(sc(Nn4c(=O)c4=O)c3C(=O)O)C2CN2Cc3cccc(O)c3C2=O)cc1. The highest BCUT2D eigenvalue weighted by Gasteiger charge is 2.39. The number of ether oxygens (including phenoxy) is 1. The second-order valence-electron chi connectivity index (χ2n) is 9.59. The highest BCUT2D eigenvalue weighted by molar-refractivity contribution is 7.16. The standard InChI is InChI=1S/C27H24N4O7S/c1-38-16-7-5-14(6-8-16)11-29-10-9-17-21(27(36)37)23(28-31-25(34)26(31)35)39-22(17)18(29)13-30-12-15-3-2-4-19(32)20(15)24(30)33/h2-8,18,28,32H,9-13H2,1H3,(H,36,37). The van der Waals surface area contributed by atoms with Gasteiger partial charge in [-0.25, -0.2) is 4.79 Å². The molecule has 2 aliphatic rings. The lowest BCUT2D eigenvalue weighted by molar-refractivity contribution is 0.0665. The van der Waals surface area contributed by atoms with Gasteiger partial charge < -0.3 is 19.8 Å². The van der Waals surface area contributed by atoms with Crippen LogP contribution < -0.4 is 21.3 Å². The lowest BCUT2D eigenvalue weighted by atomic mass is 9.96. The molecule has 1 atom stereocenters. The monoisotopic (exact) mass is 548 g/mol. The minimum atomic E-state index is -1.16. The summed E-state index contributed by atoms with van der Waals surface area (Å²) in [6.07, 6.45) is 0.443. The van der Waals surface area contributed by atoms with Gasteiger partial charge in [0.05, 0.1) is 24.3 Å². The Labute approximate surface area is 225 Å². The van der Waals surface area contributed by atoms with Crippen molar-refractivity contribution in [2.45, 2.75) is 25.6 Å². The van der Waals surface area contributed by atoms with E-state index in [1.54, 1.807) is 18.1 Å². The molecule has 1 amide bonds. The van der Waals surface area contributed by atoms with E-state index in [0.29, 0.717) is 31.6 Å². The van der Waals surface area contributed by atoms with Crippen LogP contribution in [-0.2, 0) is 19.5 Å². The Morgan fingerprint density at radius 2 is 1.87 bits per heavy atom. The number of anilines is 1. The molecule has 0 aliphatic carbocycles. The van der Waals surface area contributed by atoms with E-state index in [2.05, 4.69) is 10.3 Å². The summed E-state index contributed by atoms with van der Waals surface area (Å²) in [5.41, 5.74) is 3.91. The van der Waals surface area contributed by atoms with Crippen LogP contribution in [-0.4, -0.2) is 56.8 Å². The van der Waals surface area contributed by atoms with Gasteiger partial charge in [-0.15, -0.1) is 11.3 Å². The van der Waals surface area contributed by atoms with Crippen molar-refractivity contribution in [2.75, 3.05) is 25.6 Å². The fraction of sp³-hybridized carbons (Fsp3) is 0.259. The third kappa shape index (κ3) is 4.27. The topological polar surface area (TPSA) is 141 Å². The first-order valence-corrected chi connectivity index (χ1v) is 13.1. The summed E-state index contributed by atoms with van der Waals surface area (Å²) in [5.74, 6) is -0.777. The van der Waals surface area contributed by atoms with Gasteiger partial charge in [-0.2, -0.15) is 4.68 Å². The van der Waals surface area contributed by atoms with Crippen molar-refractivity contribution >= 4 is 28.2 Å². The average molecular weight is 549 g/mol. The number of fused-ring (bicyclic) bond motifs is 2. The van der Waals surface area contributed by atoms with Crippen LogP contribution in [0.1, 0.15) is 48.3 Å². The minimum absolute atomic E-state index is 0.0327. The van der Waals surface area contributed by atoms with Gasteiger partial charge in [-0.05, 0) is 41.3 Å². The van der Waals surface area contributed by atoms with E-state index in [9.17, 15) is 29.4 Å². The van der Waals surface area contributed by atoms with Gasteiger partial charge in [0.15, 0.2) is 0 Å². The molecular weight excluding hydrogens is 524 g/mol. The summed E-state index contributed by atoms with van der Waals surface area (Å²) >= 11 is 1.18. The van der Waals surface area contributed by atoms with Crippen LogP contribution >= 0.6 is 11.3 Å². The summed E-state index contributed by atoms with van der Waals surface area (Å²) in [5, 5.41) is 20.6. The van der Waals surface area contributed by atoms with Crippen LogP contribution in [0.15, 0.2) is 52.1 Å². The van der Waals surface area contributed by atoms with Gasteiger partial charge in [-0.1, -0.05) is 24.3 Å². The molecule has 0 fully saturated rings. The zero-order valence-corrected chi connectivity index (χ0v) is 21.7. The number of hydrogen-bond acceptors (Lipinski definition) is 9. The molecule has 6 rings (SSSR count). The first kappa shape index (κ1) is 24.9. The van der Waals surface area contributed by atoms with Crippen LogP contribution in [0.25, 0.3) is 0 Å². The second kappa shape index (κ2) is 9.40. The summed E-state index contributed by atoms with van der Waals surface area (Å²) in [7, 11) is 1.60. The Morgan fingerprint density at radius 3 is 2.51 bits per heavy atom. The Hall–Kier alpha value is -4.42. The smallest absolute Gasteiger partial charge is 0.340 e. The Kier molecular flexibility index (Phi) is 6.00. The molecule has 0 saturated carbocycles. The number of nitrogens with one attached hydrogen (secondary N) is 1. The van der Waals surface area contributed by atoms with Crippen LogP contribution in [0.2, 0.25) is 0 Å². The molecule has 0 bridgehead atoms. The highest BCUT2D eigenvalue weighted by atomic mass is 32.1. The first-order valence-electron chi connectivity index (χ1n) is 12.3. The quantitative estimate of drug-likeness (QED) is 0.283. The van der Waals surface area contributed by atoms with Crippen molar-refractivity contribution in [2.24, 2.45) is 0 Å². The number of hydrogen-bond donors (Lipinski definition) is 3. The van der Waals surface area contributed by atoms with E-state index in [1.807, 2.05) is 30.3 Å². The van der Waals surface area contributed by atoms with Crippen LogP contribution in [0.5, 0.6) is 11.5 Å². The molecule has 4 heterocycles. The van der Waals surface area contributed by atoms with E-state index < -0.39 is 17.1 Å². The summed E-state index contributed by atoms with van der Waals surface area (Å²) in [6, 6.07) is 12.3. The fourth-order valence-electron chi connectivity index (χ4n) is 5.33. The number of aromatic nitrogens is 1. The average Bonchev–Trinajstić information content (AvgIpc) is 3.21. The van der Waals surface area contributed by atoms with Crippen molar-refractivity contribution in [3.63, 3.8) is 0 Å². The van der Waals surface area contributed by atoms with Gasteiger partial charge >= 0.3 is 17.1 Å². The Bertz CT molecular complexity index is 1660. The number of aromatic hydroxyl groups is 1. The van der Waals surface area contributed by atoms with E-state index in [-0.39, 0.29) is 40.4 Å². The van der Waals surface area contributed by atoms with Gasteiger partial charge in [0.1, 0.15) is 16.5 Å². The number of phenolic OH excluding ortho intramolecular Hbond substituents is 1. The molecule has 11 nitrogen and oxygen atoms in total. The van der Waals surface area contributed by atoms with Crippen LogP contribution in [0.3, 0.4) is 0 Å². The number of carbonyl (C=O) groups is 2. The number of nitrogens with zero attached hydrogens (tertiary/aromatic N) is 3. The van der Waals surface area contributed by atoms with Gasteiger partial charge in [0.25, 0.3) is 5.91 Å². The summed E-state index contributed by atoms with van der Waals surface area (Å²) < 4.78 is 6.06. The third-order valence-electron chi connectivity index (χ3n) is 7.33. The first-order chi connectivity index (χ1) is 18.8. The Morgan fingerprint density at radius 1 is 1.13 bits per heavy atom. The molecule has 2 aromatic heterocycles. The van der Waals surface area contributed by atoms with Crippen molar-refractivity contribution < 1.29 is 24.5 Å². The summed E-state index contributed by atoms with van der Waals surface area (Å²) in [4.78, 5) is 53.4. The number of rotatable bonds is 8. The predicted octanol–water partition coefficient (Wildman–Crippen LogP) is 2.19. The van der Waals surface area contributed by atoms with E-state index in [1.165, 1.54) is 17.4 Å². The lowest BCUT2D eigenvalue weighted by Gasteiger charge is -2.38. The maximum atomic E-state index is 13.3. The molecule has 0 spiro atoms. The van der Waals surface area contributed by atoms with Crippen molar-refractivity contribution in [3.8, 4) is 11.5 Å². The van der Waals surface area contributed by atoms with Crippen molar-refractivity contribution in [1.29, 1.82) is 0 Å². The zero-order chi connectivity index (χ0) is 27.4. The molecule has 12 heteroatoms. The number of amides is 1. The molecule has 200 valence electrons. The van der Waals surface area contributed by atoms with Crippen LogP contribution in [0, 0.1) is 0 Å². The highest BCUT2D eigenvalue weighted by Crippen LogP contribution is 2.44. The number of aromatic carboxylic acids is 1. The lowest BCUT2D eigenvalue weighted by Crippen LogP contribution is -2.41. The fourth-order valence-corrected chi connectivity index (χ4v) is 6.69. The molecule has 39 heavy (non-hydrogen) atoms. The van der Waals surface area contributed by atoms with E-state index in [0.717, 1.165) is 26.4 Å². The van der Waals surface area contributed by atoms with Crippen molar-refractivity contribution in [3.05, 3.63) is 95.9 Å². The molecular formula is C27H24N4O7S. The zero-order valence-electron chi connectivity index (χ0n) is 20.8. The third-order valence-corrected chi connectivity index (χ3v) is 8.56. The van der Waals surface area contributed by atoms with Gasteiger partial charge in [-0.3, -0.25) is 24.7 Å². The maximum absolute atomic E-state index is 13.3. The molecule has 0 saturated heterocycles. The molecule has 1 unspecified atom stereocenters. The minimum Gasteiger partial charge on any atom is -0.507 e.